The molecule has 3 aliphatic rings. The molecule has 1 amide bonds. The minimum absolute atomic E-state index is 0.0780. The van der Waals surface area contributed by atoms with Crippen molar-refractivity contribution in [2.24, 2.45) is 0 Å². The zero-order chi connectivity index (χ0) is 28.3. The smallest absolute Gasteiger partial charge is 0.337 e. The first-order valence-corrected chi connectivity index (χ1v) is 13.4. The molecule has 0 saturated carbocycles. The molecule has 3 heterocycles. The van der Waals surface area contributed by atoms with Gasteiger partial charge in [-0.05, 0) is 25.0 Å². The monoisotopic (exact) mass is 543 g/mol. The van der Waals surface area contributed by atoms with Crippen molar-refractivity contribution >= 4 is 34.9 Å². The summed E-state index contributed by atoms with van der Waals surface area (Å²) in [4.78, 5) is 45.3. The van der Waals surface area contributed by atoms with E-state index in [0.29, 0.717) is 39.4 Å². The van der Waals surface area contributed by atoms with E-state index in [4.69, 9.17) is 9.26 Å². The molecule has 0 saturated heterocycles. The Kier molecular flexibility index (Phi) is 5.54. The molecule has 202 valence electrons. The van der Waals surface area contributed by atoms with Gasteiger partial charge in [-0.2, -0.15) is 0 Å². The van der Waals surface area contributed by atoms with Crippen LogP contribution in [-0.2, 0) is 26.3 Å². The number of esters is 1. The molecule has 1 atom stereocenters. The maximum atomic E-state index is 15.2. The number of ketones is 1. The SMILES string of the molecule is CCOC(=O)C1=C(c2ccccc2)N(Cc2ccccc2)C(=O)C12C1=C(Nc3noc(C)c32)c2ccccc2C1=O. The van der Waals surface area contributed by atoms with Crippen molar-refractivity contribution in [3.63, 3.8) is 0 Å². The number of amides is 1. The van der Waals surface area contributed by atoms with Gasteiger partial charge < -0.3 is 19.5 Å². The van der Waals surface area contributed by atoms with Gasteiger partial charge in [-0.1, -0.05) is 90.1 Å². The standard InChI is InChI=1S/C33H25N3O5/c1-3-40-31(38)26-28(21-14-8-5-9-15-21)36(18-20-12-6-4-7-13-20)32(39)33(26)24-19(2)41-35-30(24)34-27-22-16-10-11-17-23(22)29(37)25(27)33/h4-17H,3,18H2,1-2H3,(H,34,35). The van der Waals surface area contributed by atoms with Crippen LogP contribution in [0.2, 0.25) is 0 Å². The zero-order valence-corrected chi connectivity index (χ0v) is 22.4. The maximum absolute atomic E-state index is 15.2. The van der Waals surface area contributed by atoms with E-state index in [1.807, 2.05) is 72.8 Å². The van der Waals surface area contributed by atoms with E-state index in [-0.39, 0.29) is 35.9 Å². The van der Waals surface area contributed by atoms with Gasteiger partial charge in [0.2, 0.25) is 5.91 Å². The van der Waals surface area contributed by atoms with Crippen LogP contribution in [-0.4, -0.2) is 34.3 Å². The lowest BCUT2D eigenvalue weighted by molar-refractivity contribution is -0.140. The second kappa shape index (κ2) is 9.16. The Labute approximate surface area is 235 Å². The fourth-order valence-electron chi connectivity index (χ4n) is 6.37. The average Bonchev–Trinajstić information content (AvgIpc) is 3.60. The van der Waals surface area contributed by atoms with Gasteiger partial charge >= 0.3 is 5.97 Å². The van der Waals surface area contributed by atoms with Crippen LogP contribution in [0.5, 0.6) is 0 Å². The van der Waals surface area contributed by atoms with Crippen molar-refractivity contribution in [2.45, 2.75) is 25.8 Å². The normalized spacial score (nSPS) is 18.9. The topological polar surface area (TPSA) is 102 Å². The third kappa shape index (κ3) is 3.34. The molecule has 0 fully saturated rings. The van der Waals surface area contributed by atoms with Crippen LogP contribution in [0.25, 0.3) is 11.4 Å². The molecule has 1 aliphatic carbocycles. The predicted molar refractivity (Wildman–Crippen MR) is 151 cm³/mol. The highest BCUT2D eigenvalue weighted by Gasteiger charge is 2.66. The van der Waals surface area contributed by atoms with Crippen molar-refractivity contribution < 1.29 is 23.6 Å². The molecular formula is C33H25N3O5. The lowest BCUT2D eigenvalue weighted by Crippen LogP contribution is -2.47. The molecule has 0 radical (unpaired) electrons. The van der Waals surface area contributed by atoms with E-state index < -0.39 is 17.3 Å². The van der Waals surface area contributed by atoms with Gasteiger partial charge in [-0.25, -0.2) is 4.79 Å². The van der Waals surface area contributed by atoms with Crippen molar-refractivity contribution in [3.8, 4) is 0 Å². The Morgan fingerprint density at radius 2 is 1.61 bits per heavy atom. The first-order valence-electron chi connectivity index (χ1n) is 13.4. The molecule has 41 heavy (non-hydrogen) atoms. The van der Waals surface area contributed by atoms with Crippen molar-refractivity contribution in [1.29, 1.82) is 0 Å². The Hall–Kier alpha value is -5.24. The number of aryl methyl sites for hydroxylation is 1. The summed E-state index contributed by atoms with van der Waals surface area (Å²) in [6.07, 6.45) is 0. The average molecular weight is 544 g/mol. The number of fused-ring (bicyclic) bond motifs is 5. The first kappa shape index (κ1) is 24.8. The Bertz CT molecular complexity index is 1820. The summed E-state index contributed by atoms with van der Waals surface area (Å²) in [5.41, 5.74) is 2.18. The number of Topliss-reactive ketones (excluding diaryl/α,β-unsaturated/α-hetero) is 1. The second-order valence-electron chi connectivity index (χ2n) is 10.1. The molecule has 0 bridgehead atoms. The molecule has 4 aromatic rings. The largest absolute Gasteiger partial charge is 0.463 e. The molecule has 7 rings (SSSR count). The number of hydrogen-bond donors (Lipinski definition) is 1. The van der Waals surface area contributed by atoms with Crippen molar-refractivity contribution in [1.82, 2.24) is 10.1 Å². The number of carbonyl (C=O) groups is 3. The number of aromatic nitrogens is 1. The molecule has 1 N–H and O–H groups in total. The molecule has 3 aromatic carbocycles. The van der Waals surface area contributed by atoms with E-state index in [2.05, 4.69) is 10.5 Å². The molecule has 1 unspecified atom stereocenters. The number of benzene rings is 3. The summed E-state index contributed by atoms with van der Waals surface area (Å²) in [6, 6.07) is 26.0. The van der Waals surface area contributed by atoms with E-state index in [1.165, 1.54) is 0 Å². The predicted octanol–water partition coefficient (Wildman–Crippen LogP) is 5.27. The van der Waals surface area contributed by atoms with Crippen LogP contribution in [0, 0.1) is 6.92 Å². The summed E-state index contributed by atoms with van der Waals surface area (Å²) in [7, 11) is 0. The van der Waals surface area contributed by atoms with E-state index in [1.54, 1.807) is 30.9 Å². The fraction of sp³-hybridized carbons (Fsp3) is 0.152. The van der Waals surface area contributed by atoms with Crippen LogP contribution in [0.4, 0.5) is 5.82 Å². The second-order valence-corrected chi connectivity index (χ2v) is 10.1. The maximum Gasteiger partial charge on any atom is 0.337 e. The summed E-state index contributed by atoms with van der Waals surface area (Å²) in [5.74, 6) is -0.842. The van der Waals surface area contributed by atoms with Gasteiger partial charge in [-0.15, -0.1) is 0 Å². The Balaban J connectivity index is 1.61. The van der Waals surface area contributed by atoms with Gasteiger partial charge in [0, 0.05) is 16.7 Å². The van der Waals surface area contributed by atoms with Gasteiger partial charge in [0.05, 0.1) is 35.7 Å². The molecular weight excluding hydrogens is 518 g/mol. The lowest BCUT2D eigenvalue weighted by Gasteiger charge is -2.35. The third-order valence-electron chi connectivity index (χ3n) is 7.93. The lowest BCUT2D eigenvalue weighted by atomic mass is 9.66. The molecule has 1 spiro atoms. The summed E-state index contributed by atoms with van der Waals surface area (Å²) in [5, 5.41) is 7.49. The number of nitrogens with one attached hydrogen (secondary N) is 1. The molecule has 1 aromatic heterocycles. The Morgan fingerprint density at radius 1 is 0.951 bits per heavy atom. The van der Waals surface area contributed by atoms with Crippen LogP contribution in [0.3, 0.4) is 0 Å². The van der Waals surface area contributed by atoms with Crippen LogP contribution in [0.15, 0.2) is 101 Å². The number of hydrogen-bond acceptors (Lipinski definition) is 7. The van der Waals surface area contributed by atoms with Crippen molar-refractivity contribution in [3.05, 3.63) is 130 Å². The quantitative estimate of drug-likeness (QED) is 0.342. The van der Waals surface area contributed by atoms with Crippen molar-refractivity contribution in [2.75, 3.05) is 11.9 Å². The van der Waals surface area contributed by atoms with Gasteiger partial charge in [0.25, 0.3) is 0 Å². The Morgan fingerprint density at radius 3 is 2.32 bits per heavy atom. The summed E-state index contributed by atoms with van der Waals surface area (Å²) >= 11 is 0. The van der Waals surface area contributed by atoms with Gasteiger partial charge in [0.1, 0.15) is 11.2 Å². The van der Waals surface area contributed by atoms with E-state index in [9.17, 15) is 9.59 Å². The highest BCUT2D eigenvalue weighted by molar-refractivity contribution is 6.32. The van der Waals surface area contributed by atoms with Gasteiger partial charge in [-0.3, -0.25) is 9.59 Å². The molecule has 8 heteroatoms. The van der Waals surface area contributed by atoms with E-state index >= 15 is 4.79 Å². The molecule has 2 aliphatic heterocycles. The summed E-state index contributed by atoms with van der Waals surface area (Å²) in [6.45, 7) is 3.66. The van der Waals surface area contributed by atoms with Crippen LogP contribution >= 0.6 is 0 Å². The number of anilines is 1. The minimum Gasteiger partial charge on any atom is -0.463 e. The summed E-state index contributed by atoms with van der Waals surface area (Å²) < 4.78 is 11.3. The van der Waals surface area contributed by atoms with Gasteiger partial charge in [0.15, 0.2) is 11.6 Å². The molecule has 8 nitrogen and oxygen atoms in total. The van der Waals surface area contributed by atoms with E-state index in [0.717, 1.165) is 5.56 Å². The van der Waals surface area contributed by atoms with Crippen LogP contribution < -0.4 is 5.32 Å². The first-order chi connectivity index (χ1) is 20.0. The van der Waals surface area contributed by atoms with Crippen LogP contribution in [0.1, 0.15) is 45.3 Å². The fourth-order valence-corrected chi connectivity index (χ4v) is 6.37. The number of carbonyl (C=O) groups excluding carboxylic acids is 3. The highest BCUT2D eigenvalue weighted by atomic mass is 16.5. The third-order valence-corrected chi connectivity index (χ3v) is 7.93. The minimum atomic E-state index is -1.84. The zero-order valence-electron chi connectivity index (χ0n) is 22.4. The number of nitrogens with zero attached hydrogens (tertiary/aromatic N) is 2. The number of ether oxygens (including phenoxy) is 1. The highest BCUT2D eigenvalue weighted by Crippen LogP contribution is 2.60. The number of rotatable bonds is 5.